The van der Waals surface area contributed by atoms with Crippen molar-refractivity contribution in [2.24, 2.45) is 0 Å². The van der Waals surface area contributed by atoms with Crippen LogP contribution < -0.4 is 0 Å². The van der Waals surface area contributed by atoms with Crippen LogP contribution in [0.2, 0.25) is 0 Å². The Hall–Kier alpha value is -7.63. The summed E-state index contributed by atoms with van der Waals surface area (Å²) in [6.45, 7) is 4.65. The third-order valence-electron chi connectivity index (χ3n) is 12.2. The molecule has 3 heterocycles. The topological polar surface area (TPSA) is 65.0 Å². The van der Waals surface area contributed by atoms with E-state index in [1.807, 2.05) is 48.5 Å². The zero-order valence-corrected chi connectivity index (χ0v) is 32.4. The summed E-state index contributed by atoms with van der Waals surface area (Å²) < 4.78 is 12.9. The number of rotatable bonds is 5. The Morgan fingerprint density at radius 3 is 1.63 bits per heavy atom. The van der Waals surface area contributed by atoms with Crippen LogP contribution in [0.3, 0.4) is 0 Å². The van der Waals surface area contributed by atoms with E-state index in [-0.39, 0.29) is 5.41 Å². The fourth-order valence-electron chi connectivity index (χ4n) is 9.33. The van der Waals surface area contributed by atoms with Gasteiger partial charge in [-0.05, 0) is 74.8 Å². The van der Waals surface area contributed by atoms with E-state index in [9.17, 15) is 0 Å². The van der Waals surface area contributed by atoms with Crippen LogP contribution in [0.25, 0.3) is 111 Å². The van der Waals surface area contributed by atoms with Crippen molar-refractivity contribution in [1.29, 1.82) is 0 Å². The van der Waals surface area contributed by atoms with Gasteiger partial charge in [0.15, 0.2) is 17.5 Å². The summed E-state index contributed by atoms with van der Waals surface area (Å²) in [5.74, 6) is 1.72. The normalized spacial score (nSPS) is 13.1. The second-order valence-electron chi connectivity index (χ2n) is 15.9. The highest BCUT2D eigenvalue weighted by atomic mass is 16.3. The lowest BCUT2D eigenvalue weighted by molar-refractivity contribution is 0.660. The molecule has 0 atom stereocenters. The molecule has 0 N–H and O–H groups in total. The van der Waals surface area contributed by atoms with Crippen LogP contribution in [0.15, 0.2) is 185 Å². The van der Waals surface area contributed by atoms with Gasteiger partial charge in [-0.3, -0.25) is 0 Å². The Labute approximate surface area is 340 Å². The summed E-state index contributed by atoms with van der Waals surface area (Å²) in [4.78, 5) is 15.7. The van der Waals surface area contributed by atoms with E-state index >= 15 is 0 Å². The molecule has 0 fully saturated rings. The Morgan fingerprint density at radius 1 is 0.356 bits per heavy atom. The van der Waals surface area contributed by atoms with Crippen molar-refractivity contribution in [3.8, 4) is 67.5 Å². The van der Waals surface area contributed by atoms with E-state index < -0.39 is 0 Å². The van der Waals surface area contributed by atoms with Crippen molar-refractivity contribution < 1.29 is 8.83 Å². The number of nitrogens with zero attached hydrogens (tertiary/aromatic N) is 3. The molecule has 0 aliphatic heterocycles. The summed E-state index contributed by atoms with van der Waals surface area (Å²) in [6, 6.07) is 61.3. The first-order chi connectivity index (χ1) is 29.0. The van der Waals surface area contributed by atoms with Gasteiger partial charge in [0, 0.05) is 43.7 Å². The number of furan rings is 2. The predicted octanol–water partition coefficient (Wildman–Crippen LogP) is 14.3. The van der Waals surface area contributed by atoms with Crippen LogP contribution >= 0.6 is 0 Å². The third-order valence-corrected chi connectivity index (χ3v) is 12.2. The summed E-state index contributed by atoms with van der Waals surface area (Å²) >= 11 is 0. The average molecular weight is 758 g/mol. The number of para-hydroxylation sites is 1. The smallest absolute Gasteiger partial charge is 0.164 e. The van der Waals surface area contributed by atoms with E-state index in [2.05, 4.69) is 141 Å². The average Bonchev–Trinajstić information content (AvgIpc) is 3.94. The summed E-state index contributed by atoms with van der Waals surface area (Å²) in [6.07, 6.45) is 0. The van der Waals surface area contributed by atoms with Gasteiger partial charge >= 0.3 is 0 Å². The Morgan fingerprint density at radius 2 is 0.864 bits per heavy atom. The van der Waals surface area contributed by atoms with Gasteiger partial charge in [-0.1, -0.05) is 159 Å². The van der Waals surface area contributed by atoms with Crippen molar-refractivity contribution in [2.75, 3.05) is 0 Å². The SMILES string of the molecule is CC1(C)c2ccccc2-c2c(-c3ccc4oc5cccc(-c6nc(-c7ccc(-c8ccccc8)cc7)nc(-c7cccc8oc9ccccc9c78)n6)c5c4c3)cccc21. The van der Waals surface area contributed by atoms with Crippen LogP contribution in [0, 0.1) is 0 Å². The summed E-state index contributed by atoms with van der Waals surface area (Å²) in [5.41, 5.74) is 15.7. The minimum Gasteiger partial charge on any atom is -0.456 e. The Kier molecular flexibility index (Phi) is 7.20. The number of benzene rings is 8. The molecule has 59 heavy (non-hydrogen) atoms. The molecule has 0 radical (unpaired) electrons. The molecule has 0 saturated heterocycles. The number of hydrogen-bond acceptors (Lipinski definition) is 5. The number of aromatic nitrogens is 3. The van der Waals surface area contributed by atoms with Crippen molar-refractivity contribution in [3.05, 3.63) is 187 Å². The van der Waals surface area contributed by atoms with Crippen molar-refractivity contribution in [3.63, 3.8) is 0 Å². The third kappa shape index (κ3) is 5.14. The predicted molar refractivity (Wildman–Crippen MR) is 239 cm³/mol. The van der Waals surface area contributed by atoms with Crippen LogP contribution in [0.5, 0.6) is 0 Å². The van der Waals surface area contributed by atoms with E-state index in [0.29, 0.717) is 17.5 Å². The second kappa shape index (κ2) is 12.7. The van der Waals surface area contributed by atoms with Crippen LogP contribution in [-0.4, -0.2) is 15.0 Å². The molecular weight excluding hydrogens is 723 g/mol. The molecule has 0 bridgehead atoms. The molecular formula is C54H35N3O2. The van der Waals surface area contributed by atoms with Gasteiger partial charge in [0.2, 0.25) is 0 Å². The van der Waals surface area contributed by atoms with Crippen LogP contribution in [-0.2, 0) is 5.41 Å². The quantitative estimate of drug-likeness (QED) is 0.175. The first-order valence-corrected chi connectivity index (χ1v) is 20.0. The van der Waals surface area contributed by atoms with Crippen molar-refractivity contribution >= 4 is 43.9 Å². The molecule has 0 unspecified atom stereocenters. The van der Waals surface area contributed by atoms with Crippen molar-refractivity contribution in [2.45, 2.75) is 19.3 Å². The zero-order valence-electron chi connectivity index (χ0n) is 32.4. The molecule has 0 amide bonds. The highest BCUT2D eigenvalue weighted by molar-refractivity contribution is 6.14. The van der Waals surface area contributed by atoms with E-state index in [1.165, 1.54) is 27.8 Å². The zero-order chi connectivity index (χ0) is 39.2. The highest BCUT2D eigenvalue weighted by Gasteiger charge is 2.36. The highest BCUT2D eigenvalue weighted by Crippen LogP contribution is 2.52. The monoisotopic (exact) mass is 757 g/mol. The maximum atomic E-state index is 6.58. The minimum atomic E-state index is -0.0927. The lowest BCUT2D eigenvalue weighted by Crippen LogP contribution is -2.14. The van der Waals surface area contributed by atoms with Gasteiger partial charge in [-0.15, -0.1) is 0 Å². The molecule has 1 aliphatic rings. The fourth-order valence-corrected chi connectivity index (χ4v) is 9.33. The van der Waals surface area contributed by atoms with Crippen LogP contribution in [0.4, 0.5) is 0 Å². The first kappa shape index (κ1) is 33.5. The largest absolute Gasteiger partial charge is 0.456 e. The lowest BCUT2D eigenvalue weighted by Gasteiger charge is -2.21. The molecule has 278 valence electrons. The van der Waals surface area contributed by atoms with Crippen molar-refractivity contribution in [1.82, 2.24) is 15.0 Å². The summed E-state index contributed by atoms with van der Waals surface area (Å²) in [7, 11) is 0. The second-order valence-corrected chi connectivity index (χ2v) is 15.9. The summed E-state index contributed by atoms with van der Waals surface area (Å²) in [5, 5.41) is 3.96. The maximum absolute atomic E-state index is 6.58. The standard InChI is InChI=1S/C54H35N3O2/c1-54(2)42-20-8-6-15-37(42)48-36(17-10-21-43(48)54)35-29-30-45-41(31-35)50-40(19-12-24-47(50)59-45)53-56-51(34-27-25-33(26-28-34)32-13-4-3-5-14-32)55-52(57-53)39-18-11-23-46-49(39)38-16-7-9-22-44(38)58-46/h3-31H,1-2H3. The molecule has 8 aromatic carbocycles. The van der Waals surface area contributed by atoms with Gasteiger partial charge in [0.1, 0.15) is 22.3 Å². The van der Waals surface area contributed by atoms with E-state index in [4.69, 9.17) is 23.8 Å². The van der Waals surface area contributed by atoms with Gasteiger partial charge in [-0.2, -0.15) is 0 Å². The maximum Gasteiger partial charge on any atom is 0.164 e. The molecule has 0 saturated carbocycles. The molecule has 1 aliphatic carbocycles. The number of fused-ring (bicyclic) bond motifs is 9. The Balaban J connectivity index is 1.08. The van der Waals surface area contributed by atoms with Crippen LogP contribution in [0.1, 0.15) is 25.0 Å². The molecule has 12 rings (SSSR count). The van der Waals surface area contributed by atoms with Gasteiger partial charge in [0.25, 0.3) is 0 Å². The molecule has 3 aromatic heterocycles. The van der Waals surface area contributed by atoms with Gasteiger partial charge in [-0.25, -0.2) is 15.0 Å². The van der Waals surface area contributed by atoms with E-state index in [0.717, 1.165) is 77.3 Å². The van der Waals surface area contributed by atoms with E-state index in [1.54, 1.807) is 0 Å². The molecule has 11 aromatic rings. The fraction of sp³-hybridized carbons (Fsp3) is 0.0556. The molecule has 0 spiro atoms. The molecule has 5 heteroatoms. The lowest BCUT2D eigenvalue weighted by atomic mass is 9.82. The van der Waals surface area contributed by atoms with Gasteiger partial charge < -0.3 is 8.83 Å². The van der Waals surface area contributed by atoms with Gasteiger partial charge in [0.05, 0.1) is 0 Å². The first-order valence-electron chi connectivity index (χ1n) is 20.0. The molecule has 5 nitrogen and oxygen atoms in total. The number of hydrogen-bond donors (Lipinski definition) is 0. The Bertz CT molecular complexity index is 3470. The minimum absolute atomic E-state index is 0.0927.